The summed E-state index contributed by atoms with van der Waals surface area (Å²) in [5, 5.41) is 0. The molecule has 1 saturated carbocycles. The standard InChI is InChI=1S/C6H11.Zn/c1-2-4-6-5-3-1;/h1H,2-6H2;/q-1;+2. The molecule has 1 rings (SSSR count). The summed E-state index contributed by atoms with van der Waals surface area (Å²) in [5.41, 5.74) is 0. The maximum absolute atomic E-state index is 2.39. The molecule has 0 bridgehead atoms. The molecule has 0 atom stereocenters. The van der Waals surface area contributed by atoms with Crippen molar-refractivity contribution in [1.29, 1.82) is 0 Å². The molecule has 0 saturated heterocycles. The molecule has 0 radical (unpaired) electrons. The van der Waals surface area contributed by atoms with Gasteiger partial charge < -0.3 is 6.42 Å². The van der Waals surface area contributed by atoms with Gasteiger partial charge in [-0.25, -0.2) is 0 Å². The van der Waals surface area contributed by atoms with Gasteiger partial charge in [0.05, 0.1) is 0 Å². The Morgan fingerprint density at radius 1 is 0.857 bits per heavy atom. The molecule has 0 aromatic rings. The first kappa shape index (κ1) is 7.62. The average molecular weight is 149 g/mol. The topological polar surface area (TPSA) is 0 Å². The summed E-state index contributed by atoms with van der Waals surface area (Å²) in [6, 6.07) is 0. The van der Waals surface area contributed by atoms with E-state index >= 15 is 0 Å². The van der Waals surface area contributed by atoms with Crippen LogP contribution in [0.4, 0.5) is 0 Å². The molecular formula is C6H11Zn+. The first-order valence-corrected chi connectivity index (χ1v) is 2.82. The molecule has 0 amide bonds. The summed E-state index contributed by atoms with van der Waals surface area (Å²) in [6.45, 7) is 0. The molecule has 7 heavy (non-hydrogen) atoms. The summed E-state index contributed by atoms with van der Waals surface area (Å²) in [4.78, 5) is 0. The molecular weight excluding hydrogens is 137 g/mol. The van der Waals surface area contributed by atoms with Gasteiger partial charge in [-0.1, -0.05) is 19.3 Å². The third-order valence-electron chi connectivity index (χ3n) is 1.32. The fourth-order valence-electron chi connectivity index (χ4n) is 0.898. The van der Waals surface area contributed by atoms with Crippen LogP contribution in [-0.2, 0) is 19.5 Å². The van der Waals surface area contributed by atoms with Gasteiger partial charge in [0.25, 0.3) is 0 Å². The minimum absolute atomic E-state index is 0. The van der Waals surface area contributed by atoms with Crippen LogP contribution in [0.25, 0.3) is 0 Å². The van der Waals surface area contributed by atoms with E-state index < -0.39 is 0 Å². The van der Waals surface area contributed by atoms with Gasteiger partial charge >= 0.3 is 19.5 Å². The van der Waals surface area contributed by atoms with Crippen LogP contribution in [0.15, 0.2) is 0 Å². The Morgan fingerprint density at radius 3 is 1.57 bits per heavy atom. The van der Waals surface area contributed by atoms with Crippen LogP contribution >= 0.6 is 0 Å². The van der Waals surface area contributed by atoms with Gasteiger partial charge in [-0.15, -0.1) is 0 Å². The van der Waals surface area contributed by atoms with E-state index in [9.17, 15) is 0 Å². The Morgan fingerprint density at radius 2 is 1.43 bits per heavy atom. The predicted octanol–water partition coefficient (Wildman–Crippen LogP) is 2.15. The van der Waals surface area contributed by atoms with Crippen LogP contribution in [0.2, 0.25) is 0 Å². The van der Waals surface area contributed by atoms with Gasteiger partial charge in [0.2, 0.25) is 0 Å². The summed E-state index contributed by atoms with van der Waals surface area (Å²) >= 11 is 0. The van der Waals surface area contributed by atoms with Crippen LogP contribution in [0, 0.1) is 6.42 Å². The molecule has 1 aliphatic carbocycles. The van der Waals surface area contributed by atoms with Crippen molar-refractivity contribution in [1.82, 2.24) is 0 Å². The zero-order chi connectivity index (χ0) is 4.24. The summed E-state index contributed by atoms with van der Waals surface area (Å²) < 4.78 is 0. The van der Waals surface area contributed by atoms with Crippen LogP contribution < -0.4 is 0 Å². The van der Waals surface area contributed by atoms with E-state index in [1.54, 1.807) is 0 Å². The van der Waals surface area contributed by atoms with E-state index in [2.05, 4.69) is 6.42 Å². The monoisotopic (exact) mass is 147 g/mol. The minimum Gasteiger partial charge on any atom is -0.328 e. The second-order valence-corrected chi connectivity index (χ2v) is 1.93. The molecule has 0 unspecified atom stereocenters. The van der Waals surface area contributed by atoms with E-state index in [0.717, 1.165) is 0 Å². The maximum Gasteiger partial charge on any atom is 2.00 e. The van der Waals surface area contributed by atoms with Crippen LogP contribution in [0.3, 0.4) is 0 Å². The van der Waals surface area contributed by atoms with Crippen molar-refractivity contribution in [2.45, 2.75) is 32.1 Å². The molecule has 1 heteroatoms. The van der Waals surface area contributed by atoms with Crippen molar-refractivity contribution >= 4 is 0 Å². The molecule has 0 aromatic heterocycles. The minimum atomic E-state index is 0. The Bertz CT molecular complexity index is 19.7. The van der Waals surface area contributed by atoms with Crippen molar-refractivity contribution in [3.63, 3.8) is 0 Å². The second-order valence-electron chi connectivity index (χ2n) is 1.93. The van der Waals surface area contributed by atoms with Crippen molar-refractivity contribution in [2.24, 2.45) is 0 Å². The first-order valence-electron chi connectivity index (χ1n) is 2.82. The van der Waals surface area contributed by atoms with Crippen molar-refractivity contribution in [3.8, 4) is 0 Å². The number of hydrogen-bond acceptors (Lipinski definition) is 0. The van der Waals surface area contributed by atoms with E-state index in [-0.39, 0.29) is 19.5 Å². The van der Waals surface area contributed by atoms with E-state index in [1.807, 2.05) is 0 Å². The molecule has 0 nitrogen and oxygen atoms in total. The van der Waals surface area contributed by atoms with Crippen LogP contribution in [0.5, 0.6) is 0 Å². The normalized spacial score (nSPS) is 20.6. The second kappa shape index (κ2) is 4.77. The molecule has 0 heterocycles. The smallest absolute Gasteiger partial charge is 0.328 e. The number of rotatable bonds is 0. The van der Waals surface area contributed by atoms with Crippen LogP contribution in [-0.4, -0.2) is 0 Å². The van der Waals surface area contributed by atoms with E-state index in [4.69, 9.17) is 0 Å². The largest absolute Gasteiger partial charge is 2.00 e. The van der Waals surface area contributed by atoms with Gasteiger partial charge in [0.15, 0.2) is 0 Å². The van der Waals surface area contributed by atoms with E-state index in [1.165, 1.54) is 32.1 Å². The molecule has 1 fully saturated rings. The number of hydrogen-bond donors (Lipinski definition) is 0. The maximum atomic E-state index is 2.39. The predicted molar refractivity (Wildman–Crippen MR) is 27.4 cm³/mol. The SMILES string of the molecule is [CH-]1CCCCC1.[Zn+2]. The Hall–Kier alpha value is 0.623. The van der Waals surface area contributed by atoms with Gasteiger partial charge in [0.1, 0.15) is 0 Å². The Kier molecular flexibility index (Phi) is 5.20. The van der Waals surface area contributed by atoms with Gasteiger partial charge in [-0.2, -0.15) is 12.8 Å². The summed E-state index contributed by atoms with van der Waals surface area (Å²) in [5.74, 6) is 0. The average Bonchev–Trinajstić information content (AvgIpc) is 1.72. The quantitative estimate of drug-likeness (QED) is 0.365. The van der Waals surface area contributed by atoms with Gasteiger partial charge in [0, 0.05) is 0 Å². The van der Waals surface area contributed by atoms with E-state index in [0.29, 0.717) is 0 Å². The van der Waals surface area contributed by atoms with Gasteiger partial charge in [-0.05, 0) is 0 Å². The summed E-state index contributed by atoms with van der Waals surface area (Å²) in [7, 11) is 0. The van der Waals surface area contributed by atoms with Crippen molar-refractivity contribution < 1.29 is 19.5 Å². The molecule has 0 aromatic carbocycles. The Labute approximate surface area is 58.4 Å². The molecule has 1 aliphatic rings. The fraction of sp³-hybridized carbons (Fsp3) is 0.833. The molecule has 0 spiro atoms. The summed E-state index contributed by atoms with van der Waals surface area (Å²) in [6.07, 6.45) is 9.50. The van der Waals surface area contributed by atoms with Crippen molar-refractivity contribution in [3.05, 3.63) is 6.42 Å². The molecule has 0 N–H and O–H groups in total. The zero-order valence-electron chi connectivity index (χ0n) is 4.82. The third kappa shape index (κ3) is 3.23. The fourth-order valence-corrected chi connectivity index (χ4v) is 0.898. The molecule has 0 aliphatic heterocycles. The third-order valence-corrected chi connectivity index (χ3v) is 1.32. The van der Waals surface area contributed by atoms with Crippen molar-refractivity contribution in [2.75, 3.05) is 0 Å². The Balaban J connectivity index is 0.000000360. The van der Waals surface area contributed by atoms with Crippen LogP contribution in [0.1, 0.15) is 32.1 Å². The first-order chi connectivity index (χ1) is 3.00. The zero-order valence-corrected chi connectivity index (χ0v) is 7.79. The molecule has 36 valence electrons. The van der Waals surface area contributed by atoms with Gasteiger partial charge in [-0.3, -0.25) is 0 Å².